The number of nitrogens with zero attached hydrogens (tertiary/aromatic N) is 2. The lowest BCUT2D eigenvalue weighted by Crippen LogP contribution is -2.79. The summed E-state index contributed by atoms with van der Waals surface area (Å²) in [5.41, 5.74) is 0.983. The molecule has 0 amide bonds. The number of carbonyl (C=O) groups is 1. The molecule has 5 atom stereocenters. The minimum absolute atomic E-state index is 0.0394. The molecule has 0 aromatic heterocycles. The largest absolute Gasteiger partial charge is 0.504 e. The van der Waals surface area contributed by atoms with Crippen LogP contribution in [0.15, 0.2) is 55.1 Å². The fourth-order valence-corrected chi connectivity index (χ4v) is 10.3. The first kappa shape index (κ1) is 28.2. The van der Waals surface area contributed by atoms with Crippen LogP contribution >= 0.6 is 0 Å². The van der Waals surface area contributed by atoms with Crippen LogP contribution in [0.25, 0.3) is 0 Å². The van der Waals surface area contributed by atoms with Gasteiger partial charge in [-0.2, -0.15) is 4.31 Å². The predicted molar refractivity (Wildman–Crippen MR) is 156 cm³/mol. The van der Waals surface area contributed by atoms with E-state index in [0.717, 1.165) is 23.2 Å². The molecule has 2 fully saturated rings. The summed E-state index contributed by atoms with van der Waals surface area (Å²) in [6, 6.07) is 12.3. The second-order valence-electron chi connectivity index (χ2n) is 12.5. The molecule has 9 heteroatoms. The van der Waals surface area contributed by atoms with Crippen LogP contribution < -0.4 is 4.74 Å². The van der Waals surface area contributed by atoms with Crippen molar-refractivity contribution in [3.63, 3.8) is 0 Å². The van der Waals surface area contributed by atoms with Gasteiger partial charge in [0, 0.05) is 32.1 Å². The van der Waals surface area contributed by atoms with E-state index in [4.69, 9.17) is 9.47 Å². The summed E-state index contributed by atoms with van der Waals surface area (Å²) < 4.78 is 43.3. The Morgan fingerprint density at radius 3 is 2.68 bits per heavy atom. The SMILES string of the molecule is C=CCN1CC[C@]23c4c5ccc(O)c4OC2C(N(CC(C)C)S(=O)(=O)Cc2ccccc2)CC[C@@]3(OC(C)=O)[C@H]1C5. The van der Waals surface area contributed by atoms with E-state index in [1.807, 2.05) is 56.3 Å². The fourth-order valence-electron chi connectivity index (χ4n) is 8.40. The van der Waals surface area contributed by atoms with Gasteiger partial charge in [0.05, 0.1) is 23.3 Å². The molecule has 0 radical (unpaired) electrons. The highest BCUT2D eigenvalue weighted by Gasteiger charge is 2.75. The normalized spacial score (nSPS) is 30.1. The first-order valence-corrected chi connectivity index (χ1v) is 16.2. The van der Waals surface area contributed by atoms with Gasteiger partial charge in [0.1, 0.15) is 11.7 Å². The predicted octanol–water partition coefficient (Wildman–Crippen LogP) is 4.16. The molecule has 2 aliphatic heterocycles. The third kappa shape index (κ3) is 4.22. The van der Waals surface area contributed by atoms with Crippen molar-refractivity contribution in [2.75, 3.05) is 19.6 Å². The number of hydrogen-bond acceptors (Lipinski definition) is 7. The Balaban J connectivity index is 1.52. The van der Waals surface area contributed by atoms with Crippen LogP contribution in [0.5, 0.6) is 11.5 Å². The molecule has 2 aromatic rings. The Hall–Kier alpha value is -2.88. The van der Waals surface area contributed by atoms with Gasteiger partial charge in [0.25, 0.3) is 0 Å². The molecule has 1 N–H and O–H groups in total. The van der Waals surface area contributed by atoms with E-state index >= 15 is 0 Å². The van der Waals surface area contributed by atoms with Gasteiger partial charge >= 0.3 is 5.97 Å². The smallest absolute Gasteiger partial charge is 0.303 e. The summed E-state index contributed by atoms with van der Waals surface area (Å²) in [4.78, 5) is 15.2. The Morgan fingerprint density at radius 1 is 1.24 bits per heavy atom. The summed E-state index contributed by atoms with van der Waals surface area (Å²) in [5.74, 6) is 0.0683. The monoisotopic (exact) mass is 580 g/mol. The second-order valence-corrected chi connectivity index (χ2v) is 14.4. The molecule has 41 heavy (non-hydrogen) atoms. The molecule has 220 valence electrons. The summed E-state index contributed by atoms with van der Waals surface area (Å²) >= 11 is 0. The average molecular weight is 581 g/mol. The van der Waals surface area contributed by atoms with Crippen LogP contribution in [-0.4, -0.2) is 72.1 Å². The van der Waals surface area contributed by atoms with Gasteiger partial charge in [-0.05, 0) is 48.8 Å². The standard InChI is InChI=1S/C32H40N2O6S/c1-5-16-33-17-15-31-28-24-11-12-26(36)29(28)39-30(31)25(13-14-32(31,27(33)18-24)40-22(4)35)34(19-21(2)3)41(37,38)20-23-9-7-6-8-10-23/h5-12,21,25,27,30,36H,1,13-20H2,2-4H3/t25?,27-,30?,31+,32-/m1/s1. The summed E-state index contributed by atoms with van der Waals surface area (Å²) in [6.45, 7) is 11.2. The maximum atomic E-state index is 14.2. The van der Waals surface area contributed by atoms with Gasteiger partial charge in [0.15, 0.2) is 11.5 Å². The maximum Gasteiger partial charge on any atom is 0.303 e. The fraction of sp³-hybridized carbons (Fsp3) is 0.531. The highest BCUT2D eigenvalue weighted by atomic mass is 32.2. The van der Waals surface area contributed by atoms with E-state index < -0.39 is 33.2 Å². The average Bonchev–Trinajstić information content (AvgIpc) is 3.26. The van der Waals surface area contributed by atoms with Gasteiger partial charge in [0.2, 0.25) is 10.0 Å². The molecule has 1 saturated heterocycles. The molecule has 6 rings (SSSR count). The number of benzene rings is 2. The molecule has 1 spiro atoms. The van der Waals surface area contributed by atoms with E-state index in [-0.39, 0.29) is 29.4 Å². The maximum absolute atomic E-state index is 14.2. The lowest BCUT2D eigenvalue weighted by molar-refractivity contribution is -0.220. The minimum Gasteiger partial charge on any atom is -0.504 e. The van der Waals surface area contributed by atoms with Crippen molar-refractivity contribution in [1.82, 2.24) is 9.21 Å². The molecule has 1 saturated carbocycles. The van der Waals surface area contributed by atoms with Crippen molar-refractivity contribution in [3.8, 4) is 11.5 Å². The highest BCUT2D eigenvalue weighted by molar-refractivity contribution is 7.88. The first-order valence-electron chi connectivity index (χ1n) is 14.6. The quantitative estimate of drug-likeness (QED) is 0.352. The molecule has 4 aliphatic rings. The summed E-state index contributed by atoms with van der Waals surface area (Å²) in [7, 11) is -3.75. The number of likely N-dealkylation sites (tertiary alicyclic amines) is 1. The second kappa shape index (κ2) is 10.1. The van der Waals surface area contributed by atoms with Crippen molar-refractivity contribution in [1.29, 1.82) is 0 Å². The molecule has 2 unspecified atom stereocenters. The van der Waals surface area contributed by atoms with E-state index in [2.05, 4.69) is 11.5 Å². The van der Waals surface area contributed by atoms with Crippen LogP contribution in [0.1, 0.15) is 56.7 Å². The minimum atomic E-state index is -3.75. The Labute approximate surface area is 243 Å². The molecule has 8 nitrogen and oxygen atoms in total. The Bertz CT molecular complexity index is 1460. The van der Waals surface area contributed by atoms with Crippen LogP contribution in [0, 0.1) is 5.92 Å². The first-order chi connectivity index (χ1) is 19.5. The zero-order valence-electron chi connectivity index (χ0n) is 24.1. The van der Waals surface area contributed by atoms with E-state index in [9.17, 15) is 18.3 Å². The van der Waals surface area contributed by atoms with E-state index in [0.29, 0.717) is 44.5 Å². The van der Waals surface area contributed by atoms with Gasteiger partial charge in [-0.3, -0.25) is 9.69 Å². The number of phenols is 1. The van der Waals surface area contributed by atoms with Crippen molar-refractivity contribution >= 4 is 16.0 Å². The Kier molecular flexibility index (Phi) is 6.98. The molecule has 2 aliphatic carbocycles. The van der Waals surface area contributed by atoms with Crippen molar-refractivity contribution in [2.24, 2.45) is 5.92 Å². The van der Waals surface area contributed by atoms with Crippen LogP contribution in [-0.2, 0) is 37.1 Å². The lowest BCUT2D eigenvalue weighted by Gasteiger charge is -2.65. The zero-order valence-corrected chi connectivity index (χ0v) is 24.9. The highest BCUT2D eigenvalue weighted by Crippen LogP contribution is 2.67. The number of phenolic OH excluding ortho intramolecular Hbond substituents is 1. The van der Waals surface area contributed by atoms with Gasteiger partial charge in [-0.1, -0.05) is 56.3 Å². The third-order valence-corrected chi connectivity index (χ3v) is 11.5. The van der Waals surface area contributed by atoms with Crippen molar-refractivity contribution in [3.05, 3.63) is 71.8 Å². The van der Waals surface area contributed by atoms with Gasteiger partial charge in [-0.25, -0.2) is 8.42 Å². The molecular weight excluding hydrogens is 540 g/mol. The van der Waals surface area contributed by atoms with Crippen molar-refractivity contribution < 1.29 is 27.8 Å². The molecule has 2 aromatic carbocycles. The van der Waals surface area contributed by atoms with Crippen LogP contribution in [0.4, 0.5) is 0 Å². The van der Waals surface area contributed by atoms with Gasteiger partial charge < -0.3 is 14.6 Å². The number of sulfonamides is 1. The number of hydrogen-bond donors (Lipinski definition) is 1. The van der Waals surface area contributed by atoms with Crippen molar-refractivity contribution in [2.45, 2.75) is 81.4 Å². The molecule has 2 bridgehead atoms. The topological polar surface area (TPSA) is 96.4 Å². The Morgan fingerprint density at radius 2 is 2.00 bits per heavy atom. The van der Waals surface area contributed by atoms with E-state index in [1.54, 1.807) is 10.4 Å². The molecule has 2 heterocycles. The van der Waals surface area contributed by atoms with Gasteiger partial charge in [-0.15, -0.1) is 6.58 Å². The number of ether oxygens (including phenoxy) is 2. The van der Waals surface area contributed by atoms with Crippen LogP contribution in [0.3, 0.4) is 0 Å². The van der Waals surface area contributed by atoms with Crippen LogP contribution in [0.2, 0.25) is 0 Å². The third-order valence-electron chi connectivity index (χ3n) is 9.66. The zero-order chi connectivity index (χ0) is 29.2. The number of piperidine rings is 1. The summed E-state index contributed by atoms with van der Waals surface area (Å²) in [6.07, 6.45) is 3.50. The number of carbonyl (C=O) groups excluding carboxylic acids is 1. The number of esters is 1. The van der Waals surface area contributed by atoms with E-state index in [1.165, 1.54) is 6.92 Å². The lowest BCUT2D eigenvalue weighted by atomic mass is 9.48. The molecular formula is C32H40N2O6S. The number of aromatic hydroxyl groups is 1. The number of rotatable bonds is 9. The summed E-state index contributed by atoms with van der Waals surface area (Å²) in [5, 5.41) is 11.0.